The van der Waals surface area contributed by atoms with Gasteiger partial charge in [0.2, 0.25) is 0 Å². The van der Waals surface area contributed by atoms with Crippen LogP contribution in [0.4, 0.5) is 0 Å². The highest BCUT2D eigenvalue weighted by molar-refractivity contribution is 5.66. The molecule has 2 saturated carbocycles. The Labute approximate surface area is 141 Å². The summed E-state index contributed by atoms with van der Waals surface area (Å²) in [6.45, 7) is 11.2. The van der Waals surface area contributed by atoms with E-state index in [2.05, 4.69) is 20.8 Å². The molecule has 2 fully saturated rings. The summed E-state index contributed by atoms with van der Waals surface area (Å²) < 4.78 is 0. The standard InChI is InChI=1S/C20H36O3/c1-14(13-17(21)22)7-8-16-19(4)11-6-10-18(2,3)15(19)9-12-20(16,5)23/h14-16,23H,6-13H2,1-5H3,(H,21,22)/t14-,15+,16+,19-,20-/m1/s1. The van der Waals surface area contributed by atoms with E-state index in [9.17, 15) is 9.90 Å². The van der Waals surface area contributed by atoms with Crippen LogP contribution < -0.4 is 0 Å². The Hall–Kier alpha value is -0.570. The highest BCUT2D eigenvalue weighted by Crippen LogP contribution is 2.63. The number of aliphatic carboxylic acids is 1. The molecule has 2 aliphatic carbocycles. The largest absolute Gasteiger partial charge is 0.481 e. The predicted molar refractivity (Wildman–Crippen MR) is 93.2 cm³/mol. The molecule has 3 nitrogen and oxygen atoms in total. The average Bonchev–Trinajstić information content (AvgIpc) is 2.34. The van der Waals surface area contributed by atoms with Crippen LogP contribution in [0.15, 0.2) is 0 Å². The van der Waals surface area contributed by atoms with Crippen molar-refractivity contribution in [2.45, 2.75) is 91.6 Å². The lowest BCUT2D eigenvalue weighted by molar-refractivity contribution is -0.170. The van der Waals surface area contributed by atoms with E-state index >= 15 is 0 Å². The second-order valence-electron chi connectivity index (χ2n) is 9.63. The van der Waals surface area contributed by atoms with Gasteiger partial charge in [0.15, 0.2) is 0 Å². The fraction of sp³-hybridized carbons (Fsp3) is 0.950. The minimum atomic E-state index is -0.712. The lowest BCUT2D eigenvalue weighted by Crippen LogP contribution is -2.57. The molecule has 0 spiro atoms. The van der Waals surface area contributed by atoms with E-state index in [1.54, 1.807) is 0 Å². The Morgan fingerprint density at radius 3 is 2.43 bits per heavy atom. The van der Waals surface area contributed by atoms with Crippen LogP contribution in [0.25, 0.3) is 0 Å². The third kappa shape index (κ3) is 3.75. The summed E-state index contributed by atoms with van der Waals surface area (Å²) in [7, 11) is 0. The summed E-state index contributed by atoms with van der Waals surface area (Å²) in [5, 5.41) is 20.1. The summed E-state index contributed by atoms with van der Waals surface area (Å²) >= 11 is 0. The fourth-order valence-electron chi connectivity index (χ4n) is 6.12. The first-order valence-corrected chi connectivity index (χ1v) is 9.43. The first-order chi connectivity index (χ1) is 10.5. The van der Waals surface area contributed by atoms with Crippen LogP contribution in [0.5, 0.6) is 0 Å². The van der Waals surface area contributed by atoms with Crippen molar-refractivity contribution in [2.24, 2.45) is 28.6 Å². The van der Waals surface area contributed by atoms with E-state index in [4.69, 9.17) is 5.11 Å². The normalized spacial score (nSPS) is 41.1. The van der Waals surface area contributed by atoms with Gasteiger partial charge in [-0.3, -0.25) is 4.79 Å². The summed E-state index contributed by atoms with van der Waals surface area (Å²) in [4.78, 5) is 10.9. The van der Waals surface area contributed by atoms with Crippen molar-refractivity contribution in [3.05, 3.63) is 0 Å². The molecule has 0 aromatic carbocycles. The zero-order valence-corrected chi connectivity index (χ0v) is 15.7. The minimum absolute atomic E-state index is 0.184. The molecule has 0 aromatic heterocycles. The molecule has 2 rings (SSSR count). The van der Waals surface area contributed by atoms with Gasteiger partial charge in [-0.05, 0) is 74.0 Å². The Morgan fingerprint density at radius 1 is 1.17 bits per heavy atom. The average molecular weight is 325 g/mol. The molecule has 134 valence electrons. The van der Waals surface area contributed by atoms with Crippen molar-refractivity contribution in [3.63, 3.8) is 0 Å². The van der Waals surface area contributed by atoms with Gasteiger partial charge in [0.05, 0.1) is 5.60 Å². The van der Waals surface area contributed by atoms with E-state index in [1.165, 1.54) is 19.3 Å². The number of fused-ring (bicyclic) bond motifs is 1. The monoisotopic (exact) mass is 324 g/mol. The van der Waals surface area contributed by atoms with Crippen molar-refractivity contribution >= 4 is 5.97 Å². The molecule has 0 bridgehead atoms. The van der Waals surface area contributed by atoms with Crippen molar-refractivity contribution in [1.82, 2.24) is 0 Å². The molecule has 3 heteroatoms. The van der Waals surface area contributed by atoms with Gasteiger partial charge in [-0.15, -0.1) is 0 Å². The zero-order valence-electron chi connectivity index (χ0n) is 15.7. The van der Waals surface area contributed by atoms with Crippen LogP contribution in [0.3, 0.4) is 0 Å². The minimum Gasteiger partial charge on any atom is -0.481 e. The van der Waals surface area contributed by atoms with Crippen LogP contribution in [0.1, 0.15) is 86.0 Å². The number of hydrogen-bond acceptors (Lipinski definition) is 2. The highest BCUT2D eigenvalue weighted by atomic mass is 16.4. The van der Waals surface area contributed by atoms with Gasteiger partial charge in [-0.2, -0.15) is 0 Å². The number of carbonyl (C=O) groups is 1. The smallest absolute Gasteiger partial charge is 0.303 e. The van der Waals surface area contributed by atoms with Gasteiger partial charge < -0.3 is 10.2 Å². The Bertz CT molecular complexity index is 440. The summed E-state index contributed by atoms with van der Waals surface area (Å²) in [5.74, 6) is 0.424. The molecule has 2 N–H and O–H groups in total. The van der Waals surface area contributed by atoms with Crippen molar-refractivity contribution in [2.75, 3.05) is 0 Å². The molecule has 0 saturated heterocycles. The number of hydrogen-bond donors (Lipinski definition) is 2. The molecule has 0 heterocycles. The first kappa shape index (κ1) is 18.8. The molecule has 23 heavy (non-hydrogen) atoms. The number of carboxylic acids is 1. The summed E-state index contributed by atoms with van der Waals surface area (Å²) in [5.41, 5.74) is -0.0670. The molecule has 2 aliphatic rings. The quantitative estimate of drug-likeness (QED) is 0.758. The lowest BCUT2D eigenvalue weighted by Gasteiger charge is -2.61. The van der Waals surface area contributed by atoms with Crippen molar-refractivity contribution in [3.8, 4) is 0 Å². The molecule has 0 radical (unpaired) electrons. The molecule has 0 aliphatic heterocycles. The second-order valence-corrected chi connectivity index (χ2v) is 9.63. The maximum atomic E-state index is 11.1. The van der Waals surface area contributed by atoms with Gasteiger partial charge in [0.1, 0.15) is 0 Å². The third-order valence-corrected chi connectivity index (χ3v) is 7.23. The maximum Gasteiger partial charge on any atom is 0.303 e. The van der Waals surface area contributed by atoms with Gasteiger partial charge >= 0.3 is 5.97 Å². The summed E-state index contributed by atoms with van der Waals surface area (Å²) in [6, 6.07) is 0. The number of rotatable bonds is 5. The highest BCUT2D eigenvalue weighted by Gasteiger charge is 2.57. The van der Waals surface area contributed by atoms with Gasteiger partial charge in [0, 0.05) is 6.42 Å². The summed E-state index contributed by atoms with van der Waals surface area (Å²) in [6.07, 6.45) is 7.83. The van der Waals surface area contributed by atoms with Crippen molar-refractivity contribution in [1.29, 1.82) is 0 Å². The zero-order chi connectivity index (χ0) is 17.5. The second kappa shape index (κ2) is 6.38. The topological polar surface area (TPSA) is 57.5 Å². The molecule has 0 aromatic rings. The van der Waals surface area contributed by atoms with Gasteiger partial charge in [0.25, 0.3) is 0 Å². The van der Waals surface area contributed by atoms with Crippen LogP contribution in [-0.4, -0.2) is 21.8 Å². The first-order valence-electron chi connectivity index (χ1n) is 9.43. The lowest BCUT2D eigenvalue weighted by atomic mass is 9.45. The third-order valence-electron chi connectivity index (χ3n) is 7.23. The molecule has 0 amide bonds. The van der Waals surface area contributed by atoms with E-state index in [0.29, 0.717) is 11.3 Å². The maximum absolute atomic E-state index is 11.1. The predicted octanol–water partition coefficient (Wildman–Crippen LogP) is 4.87. The number of aliphatic hydroxyl groups is 1. The van der Waals surface area contributed by atoms with Crippen LogP contribution >= 0.6 is 0 Å². The van der Waals surface area contributed by atoms with Crippen molar-refractivity contribution < 1.29 is 15.0 Å². The van der Waals surface area contributed by atoms with Crippen LogP contribution in [0.2, 0.25) is 0 Å². The molecular weight excluding hydrogens is 288 g/mol. The van der Waals surface area contributed by atoms with E-state index < -0.39 is 11.6 Å². The van der Waals surface area contributed by atoms with E-state index in [-0.39, 0.29) is 23.7 Å². The Kier molecular flexibility index (Phi) is 5.21. The SMILES string of the molecule is C[C@H](CC[C@H]1[C@]2(C)CCCC(C)(C)[C@@H]2CC[C@@]1(C)O)CC(=O)O. The van der Waals surface area contributed by atoms with E-state index in [1.807, 2.05) is 13.8 Å². The molecular formula is C20H36O3. The molecule has 5 atom stereocenters. The molecule has 0 unspecified atom stereocenters. The van der Waals surface area contributed by atoms with Gasteiger partial charge in [-0.1, -0.05) is 34.1 Å². The fourth-order valence-corrected chi connectivity index (χ4v) is 6.12. The van der Waals surface area contributed by atoms with Gasteiger partial charge in [-0.25, -0.2) is 0 Å². The Balaban J connectivity index is 2.17. The van der Waals surface area contributed by atoms with Crippen LogP contribution in [0, 0.1) is 28.6 Å². The van der Waals surface area contributed by atoms with E-state index in [0.717, 1.165) is 25.7 Å². The Morgan fingerprint density at radius 2 is 1.83 bits per heavy atom. The number of carboxylic acid groups (broad SMARTS) is 1. The van der Waals surface area contributed by atoms with Crippen LogP contribution in [-0.2, 0) is 4.79 Å².